The van der Waals surface area contributed by atoms with Crippen molar-refractivity contribution in [2.75, 3.05) is 39.4 Å². The summed E-state index contributed by atoms with van der Waals surface area (Å²) in [6.07, 6.45) is 1.84. The van der Waals surface area contributed by atoms with Gasteiger partial charge in [0.1, 0.15) is 11.9 Å². The second kappa shape index (κ2) is 9.91. The van der Waals surface area contributed by atoms with Crippen LogP contribution in [0.25, 0.3) is 0 Å². The molecule has 0 saturated carbocycles. The summed E-state index contributed by atoms with van der Waals surface area (Å²) < 4.78 is 26.0. The van der Waals surface area contributed by atoms with Crippen molar-refractivity contribution in [3.05, 3.63) is 63.0 Å². The molecule has 2 fully saturated rings. The van der Waals surface area contributed by atoms with Crippen LogP contribution in [0.3, 0.4) is 0 Å². The first-order valence-electron chi connectivity index (χ1n) is 11.5. The van der Waals surface area contributed by atoms with Crippen molar-refractivity contribution in [2.45, 2.75) is 32.0 Å². The Balaban J connectivity index is 1.60. The van der Waals surface area contributed by atoms with Gasteiger partial charge in [-0.3, -0.25) is 9.89 Å². The number of nitrogens with zero attached hydrogens (tertiary/aromatic N) is 3. The Bertz CT molecular complexity index is 1120. The fraction of sp³-hybridized carbons (Fsp3) is 0.458. The third kappa shape index (κ3) is 4.38. The second-order valence-electron chi connectivity index (χ2n) is 8.51. The lowest BCUT2D eigenvalue weighted by Crippen LogP contribution is -2.53. The average Bonchev–Trinajstić information content (AvgIpc) is 3.53. The Morgan fingerprint density at radius 3 is 3.06 bits per heavy atom. The molecule has 3 aliphatic heterocycles. The Morgan fingerprint density at radius 2 is 2.26 bits per heavy atom. The van der Waals surface area contributed by atoms with Crippen LogP contribution in [-0.4, -0.2) is 73.2 Å². The minimum Gasteiger partial charge on any atom is -0.463 e. The fourth-order valence-corrected chi connectivity index (χ4v) is 5.41. The Kier molecular flexibility index (Phi) is 6.73. The predicted molar refractivity (Wildman–Crippen MR) is 127 cm³/mol. The highest BCUT2D eigenvalue weighted by molar-refractivity contribution is 7.11. The minimum absolute atomic E-state index is 0.123. The van der Waals surface area contributed by atoms with Crippen molar-refractivity contribution < 1.29 is 18.7 Å². The summed E-state index contributed by atoms with van der Waals surface area (Å²) in [4.78, 5) is 24.9. The summed E-state index contributed by atoms with van der Waals surface area (Å²) in [7, 11) is 0. The number of aromatic nitrogens is 1. The zero-order valence-electron chi connectivity index (χ0n) is 19.2. The van der Waals surface area contributed by atoms with Crippen LogP contribution in [0.5, 0.6) is 0 Å². The number of ether oxygens (including phenoxy) is 2. The molecule has 2 aromatic rings. The molecular weight excluding hydrogens is 457 g/mol. The van der Waals surface area contributed by atoms with Crippen molar-refractivity contribution in [3.63, 3.8) is 0 Å². The van der Waals surface area contributed by atoms with Gasteiger partial charge in [0.2, 0.25) is 0 Å². The van der Waals surface area contributed by atoms with Crippen molar-refractivity contribution in [2.24, 2.45) is 4.99 Å². The first-order valence-corrected chi connectivity index (χ1v) is 12.4. The van der Waals surface area contributed by atoms with Gasteiger partial charge in [-0.1, -0.05) is 12.1 Å². The topological polar surface area (TPSA) is 88.1 Å². The molecule has 3 aliphatic rings. The molecule has 0 amide bonds. The highest BCUT2D eigenvalue weighted by Crippen LogP contribution is 2.35. The molecule has 0 radical (unpaired) electrons. The van der Waals surface area contributed by atoms with Crippen LogP contribution in [-0.2, 0) is 14.3 Å². The molecule has 4 heterocycles. The van der Waals surface area contributed by atoms with Crippen LogP contribution in [0.4, 0.5) is 4.39 Å². The van der Waals surface area contributed by atoms with E-state index in [2.05, 4.69) is 20.5 Å². The number of aliphatic imine (C=N–C) groups is 1. The maximum Gasteiger partial charge on any atom is 0.338 e. The number of halogens is 1. The minimum atomic E-state index is -0.705. The molecule has 2 N–H and O–H groups in total. The average molecular weight is 486 g/mol. The molecule has 1 aromatic carbocycles. The number of rotatable bonds is 6. The van der Waals surface area contributed by atoms with E-state index in [0.717, 1.165) is 19.6 Å². The summed E-state index contributed by atoms with van der Waals surface area (Å²) in [6.45, 7) is 7.24. The Hall–Kier alpha value is -2.66. The van der Waals surface area contributed by atoms with E-state index >= 15 is 0 Å². The highest BCUT2D eigenvalue weighted by Gasteiger charge is 2.39. The van der Waals surface area contributed by atoms with Gasteiger partial charge in [-0.05, 0) is 31.0 Å². The molecule has 0 bridgehead atoms. The molecule has 0 aliphatic carbocycles. The molecule has 2 saturated heterocycles. The smallest absolute Gasteiger partial charge is 0.338 e. The Labute approximate surface area is 201 Å². The number of thiazole rings is 1. The molecule has 180 valence electrons. The second-order valence-corrected chi connectivity index (χ2v) is 9.41. The maximum atomic E-state index is 14.6. The van der Waals surface area contributed by atoms with Crippen LogP contribution in [0.2, 0.25) is 0 Å². The lowest BCUT2D eigenvalue weighted by molar-refractivity contribution is -0.139. The molecule has 1 unspecified atom stereocenters. The van der Waals surface area contributed by atoms with Crippen LogP contribution < -0.4 is 10.6 Å². The third-order valence-electron chi connectivity index (χ3n) is 6.53. The lowest BCUT2D eigenvalue weighted by atomic mass is 9.92. The van der Waals surface area contributed by atoms with Crippen LogP contribution in [0, 0.1) is 12.7 Å². The van der Waals surface area contributed by atoms with Crippen LogP contribution in [0.1, 0.15) is 29.1 Å². The van der Waals surface area contributed by atoms with Gasteiger partial charge in [0.15, 0.2) is 10.8 Å². The monoisotopic (exact) mass is 485 g/mol. The van der Waals surface area contributed by atoms with Gasteiger partial charge < -0.3 is 20.1 Å². The van der Waals surface area contributed by atoms with Gasteiger partial charge in [-0.15, -0.1) is 11.3 Å². The number of carbonyl (C=O) groups is 1. The van der Waals surface area contributed by atoms with Crippen molar-refractivity contribution in [3.8, 4) is 0 Å². The zero-order chi connectivity index (χ0) is 23.7. The van der Waals surface area contributed by atoms with Crippen LogP contribution >= 0.6 is 11.3 Å². The first kappa shape index (κ1) is 23.1. The number of carbonyl (C=O) groups excluding carboxylic acids is 1. The number of nitrogens with one attached hydrogen (secondary N) is 2. The summed E-state index contributed by atoms with van der Waals surface area (Å²) >= 11 is 1.46. The number of hydrogen-bond donors (Lipinski definition) is 2. The van der Waals surface area contributed by atoms with E-state index in [1.165, 1.54) is 17.4 Å². The summed E-state index contributed by atoms with van der Waals surface area (Å²) in [5, 5.41) is 9.37. The van der Waals surface area contributed by atoms with E-state index in [0.29, 0.717) is 46.4 Å². The summed E-state index contributed by atoms with van der Waals surface area (Å²) in [6, 6.07) is 4.39. The zero-order valence-corrected chi connectivity index (χ0v) is 20.0. The molecule has 10 heteroatoms. The van der Waals surface area contributed by atoms with Gasteiger partial charge in [0, 0.05) is 43.5 Å². The van der Waals surface area contributed by atoms with E-state index in [4.69, 9.17) is 14.5 Å². The highest BCUT2D eigenvalue weighted by atomic mass is 32.1. The van der Waals surface area contributed by atoms with E-state index in [9.17, 15) is 9.18 Å². The van der Waals surface area contributed by atoms with Gasteiger partial charge in [0.25, 0.3) is 0 Å². The number of morpholine rings is 1. The number of fused-ring (bicyclic) bond motifs is 1. The Morgan fingerprint density at radius 1 is 1.38 bits per heavy atom. The summed E-state index contributed by atoms with van der Waals surface area (Å²) in [5.74, 6) is -0.212. The normalized spacial score (nSPS) is 25.0. The largest absolute Gasteiger partial charge is 0.463 e. The number of hydrogen-bond acceptors (Lipinski definition) is 9. The third-order valence-corrected chi connectivity index (χ3v) is 7.31. The van der Waals surface area contributed by atoms with Crippen LogP contribution in [0.15, 0.2) is 46.0 Å². The van der Waals surface area contributed by atoms with E-state index in [1.54, 1.807) is 26.1 Å². The molecule has 34 heavy (non-hydrogen) atoms. The van der Waals surface area contributed by atoms with Crippen molar-refractivity contribution in [1.82, 2.24) is 20.5 Å². The molecule has 1 aromatic heterocycles. The first-order chi connectivity index (χ1) is 16.6. The van der Waals surface area contributed by atoms with Crippen molar-refractivity contribution in [1.29, 1.82) is 0 Å². The SMILES string of the molecule is CCOC(=O)C1=C(CN2CCO[C@@H]3CNC[C@@H]32)NC(c2nccs2)=NC1c1cccc(F)c1C. The predicted octanol–water partition coefficient (Wildman–Crippen LogP) is 2.17. The quantitative estimate of drug-likeness (QED) is 0.607. The maximum absolute atomic E-state index is 14.6. The molecule has 3 atom stereocenters. The number of benzene rings is 1. The summed E-state index contributed by atoms with van der Waals surface area (Å²) in [5.41, 5.74) is 2.22. The van der Waals surface area contributed by atoms with Gasteiger partial charge in [-0.2, -0.15) is 0 Å². The molecular formula is C24H28FN5O3S. The van der Waals surface area contributed by atoms with Gasteiger partial charge in [0.05, 0.1) is 30.9 Å². The van der Waals surface area contributed by atoms with Gasteiger partial charge >= 0.3 is 5.97 Å². The van der Waals surface area contributed by atoms with Gasteiger partial charge in [-0.25, -0.2) is 14.2 Å². The van der Waals surface area contributed by atoms with E-state index in [1.807, 2.05) is 11.4 Å². The standard InChI is InChI=1S/C24H28FN5O3S/c1-3-32-24(31)20-17(13-30-8-9-33-19-12-26-11-18(19)30)28-22(23-27-7-10-34-23)29-21(20)15-5-4-6-16(25)14(15)2/h4-7,10,18-19,21,26H,3,8-9,11-13H2,1-2H3,(H,28,29)/t18-,19+,21?/m0/s1. The van der Waals surface area contributed by atoms with E-state index in [-0.39, 0.29) is 24.6 Å². The molecule has 5 rings (SSSR count). The molecule has 0 spiro atoms. The molecule has 8 nitrogen and oxygen atoms in total. The van der Waals surface area contributed by atoms with Crippen molar-refractivity contribution >= 4 is 23.1 Å². The fourth-order valence-electron chi connectivity index (χ4n) is 4.83. The number of esters is 1. The van der Waals surface area contributed by atoms with E-state index < -0.39 is 12.0 Å². The lowest BCUT2D eigenvalue weighted by Gasteiger charge is -2.38. The number of amidine groups is 1.